The van der Waals surface area contributed by atoms with Gasteiger partial charge in [0.05, 0.1) is 23.3 Å². The Kier molecular flexibility index (Phi) is 5.94. The number of aromatic nitrogens is 1. The SMILES string of the molecule is [C-]#[N+]c1ccc(-c2c3ccccc3c(-c3cccc(-c4oc5ccccc5c5nc6ccccc6c4-5)c3)c3ccccc23)c2ccccc12. The normalized spacial score (nSPS) is 11.7. The standard InChI is InChI=1S/C46H26N2O/c1-47-39-26-25-36(30-15-2-3-16-31(30)39)43-34-19-6-4-17-32(34)42(33-18-5-7-20-35(33)43)28-13-12-14-29(27-28)46-44-37-21-8-10-23-40(37)48-45(44)38-22-9-11-24-41(38)49-46/h2-27H. The van der Waals surface area contributed by atoms with Gasteiger partial charge in [0.2, 0.25) is 0 Å². The van der Waals surface area contributed by atoms with Crippen molar-refractivity contribution in [1.82, 2.24) is 4.98 Å². The summed E-state index contributed by atoms with van der Waals surface area (Å²) in [6, 6.07) is 55.0. The van der Waals surface area contributed by atoms with Crippen molar-refractivity contribution in [2.45, 2.75) is 0 Å². The molecule has 0 unspecified atom stereocenters. The van der Waals surface area contributed by atoms with Crippen molar-refractivity contribution in [3.05, 3.63) is 169 Å². The Balaban J connectivity index is 1.27. The van der Waals surface area contributed by atoms with Crippen LogP contribution in [0.15, 0.2) is 162 Å². The third-order valence-corrected chi connectivity index (χ3v) is 9.86. The van der Waals surface area contributed by atoms with Crippen LogP contribution in [-0.4, -0.2) is 4.98 Å². The van der Waals surface area contributed by atoms with Crippen molar-refractivity contribution in [3.63, 3.8) is 0 Å². The molecule has 0 saturated carbocycles. The molecule has 3 nitrogen and oxygen atoms in total. The fourth-order valence-electron chi connectivity index (χ4n) is 7.77. The fraction of sp³-hybridized carbons (Fsp3) is 0. The van der Waals surface area contributed by atoms with Crippen molar-refractivity contribution < 1.29 is 4.42 Å². The van der Waals surface area contributed by atoms with Gasteiger partial charge in [-0.1, -0.05) is 133 Å². The second-order valence-corrected chi connectivity index (χ2v) is 12.5. The summed E-state index contributed by atoms with van der Waals surface area (Å²) < 4.78 is 6.77. The number of fused-ring (bicyclic) bond motifs is 8. The highest BCUT2D eigenvalue weighted by molar-refractivity contribution is 6.24. The highest BCUT2D eigenvalue weighted by Crippen LogP contribution is 2.48. The van der Waals surface area contributed by atoms with Gasteiger partial charge >= 0.3 is 0 Å². The van der Waals surface area contributed by atoms with E-state index in [1.54, 1.807) is 0 Å². The minimum atomic E-state index is 0.669. The molecule has 3 heteroatoms. The number of hydrogen-bond donors (Lipinski definition) is 0. The van der Waals surface area contributed by atoms with Gasteiger partial charge < -0.3 is 4.42 Å². The molecule has 49 heavy (non-hydrogen) atoms. The molecule has 0 bridgehead atoms. The maximum absolute atomic E-state index is 7.80. The summed E-state index contributed by atoms with van der Waals surface area (Å²) >= 11 is 0. The molecule has 2 heterocycles. The van der Waals surface area contributed by atoms with Crippen LogP contribution >= 0.6 is 0 Å². The fourth-order valence-corrected chi connectivity index (χ4v) is 7.77. The van der Waals surface area contributed by atoms with Crippen molar-refractivity contribution in [2.75, 3.05) is 0 Å². The van der Waals surface area contributed by atoms with Crippen LogP contribution in [0.1, 0.15) is 0 Å². The quantitative estimate of drug-likeness (QED) is 0.145. The molecule has 2 aliphatic rings. The van der Waals surface area contributed by atoms with E-state index in [9.17, 15) is 0 Å². The van der Waals surface area contributed by atoms with Crippen LogP contribution in [0.3, 0.4) is 0 Å². The van der Waals surface area contributed by atoms with E-state index in [1.807, 2.05) is 36.4 Å². The van der Waals surface area contributed by atoms with Crippen LogP contribution in [-0.2, 0) is 0 Å². The van der Waals surface area contributed by atoms with Crippen LogP contribution in [0, 0.1) is 6.57 Å². The van der Waals surface area contributed by atoms with Crippen LogP contribution in [0.25, 0.3) is 104 Å². The largest absolute Gasteiger partial charge is 0.455 e. The first-order chi connectivity index (χ1) is 24.3. The average Bonchev–Trinajstić information content (AvgIpc) is 3.56. The van der Waals surface area contributed by atoms with Gasteiger partial charge in [0.1, 0.15) is 11.3 Å². The van der Waals surface area contributed by atoms with E-state index in [2.05, 4.69) is 126 Å². The minimum Gasteiger partial charge on any atom is -0.455 e. The van der Waals surface area contributed by atoms with Crippen molar-refractivity contribution >= 4 is 59.9 Å². The second-order valence-electron chi connectivity index (χ2n) is 12.5. The van der Waals surface area contributed by atoms with Gasteiger partial charge in [0.25, 0.3) is 0 Å². The van der Waals surface area contributed by atoms with E-state index >= 15 is 0 Å². The first-order valence-electron chi connectivity index (χ1n) is 16.4. The Hall–Kier alpha value is -6.76. The highest BCUT2D eigenvalue weighted by Gasteiger charge is 2.24. The summed E-state index contributed by atoms with van der Waals surface area (Å²) in [7, 11) is 0. The summed E-state index contributed by atoms with van der Waals surface area (Å²) in [6.07, 6.45) is 0. The molecule has 0 saturated heterocycles. The van der Waals surface area contributed by atoms with E-state index in [1.165, 1.54) is 32.7 Å². The van der Waals surface area contributed by atoms with Gasteiger partial charge in [-0.25, -0.2) is 9.83 Å². The predicted molar refractivity (Wildman–Crippen MR) is 203 cm³/mol. The molecular formula is C46H26N2O. The summed E-state index contributed by atoms with van der Waals surface area (Å²) in [5.41, 5.74) is 10.0. The van der Waals surface area contributed by atoms with Gasteiger partial charge in [-0.3, -0.25) is 0 Å². The molecule has 0 N–H and O–H groups in total. The summed E-state index contributed by atoms with van der Waals surface area (Å²) in [6.45, 7) is 7.80. The Morgan fingerprint density at radius 3 is 1.73 bits per heavy atom. The van der Waals surface area contributed by atoms with E-state index < -0.39 is 0 Å². The lowest BCUT2D eigenvalue weighted by Gasteiger charge is -2.19. The Bertz CT molecular complexity index is 2900. The lowest BCUT2D eigenvalue weighted by Crippen LogP contribution is -1.92. The first kappa shape index (κ1) is 27.4. The molecule has 2 aliphatic heterocycles. The maximum atomic E-state index is 7.80. The highest BCUT2D eigenvalue weighted by atomic mass is 16.3. The van der Waals surface area contributed by atoms with Crippen LogP contribution in [0.5, 0.6) is 0 Å². The summed E-state index contributed by atoms with van der Waals surface area (Å²) in [5.74, 6) is 0.820. The van der Waals surface area contributed by atoms with Crippen molar-refractivity contribution in [1.29, 1.82) is 0 Å². The lowest BCUT2D eigenvalue weighted by atomic mass is 9.84. The third kappa shape index (κ3) is 4.05. The summed E-state index contributed by atoms with van der Waals surface area (Å²) in [5, 5.41) is 8.85. The number of rotatable bonds is 3. The zero-order valence-corrected chi connectivity index (χ0v) is 26.3. The molecule has 0 aromatic heterocycles. The predicted octanol–water partition coefficient (Wildman–Crippen LogP) is 13.1. The average molecular weight is 623 g/mol. The maximum Gasteiger partial charge on any atom is 0.194 e. The molecule has 8 aromatic carbocycles. The smallest absolute Gasteiger partial charge is 0.194 e. The van der Waals surface area contributed by atoms with Crippen LogP contribution < -0.4 is 0 Å². The monoisotopic (exact) mass is 622 g/mol. The van der Waals surface area contributed by atoms with E-state index in [4.69, 9.17) is 16.0 Å². The molecule has 0 atom stereocenters. The Morgan fingerprint density at radius 2 is 1.02 bits per heavy atom. The van der Waals surface area contributed by atoms with E-state index in [0.717, 1.165) is 66.4 Å². The Morgan fingerprint density at radius 1 is 0.449 bits per heavy atom. The zero-order valence-electron chi connectivity index (χ0n) is 26.3. The van der Waals surface area contributed by atoms with E-state index in [0.29, 0.717) is 5.69 Å². The lowest BCUT2D eigenvalue weighted by molar-refractivity contribution is 0.622. The zero-order chi connectivity index (χ0) is 32.5. The third-order valence-electron chi connectivity index (χ3n) is 9.86. The molecule has 0 spiro atoms. The number of nitrogens with zero attached hydrogens (tertiary/aromatic N) is 2. The van der Waals surface area contributed by atoms with Crippen LogP contribution in [0.2, 0.25) is 0 Å². The van der Waals surface area contributed by atoms with Gasteiger partial charge in [-0.2, -0.15) is 0 Å². The molecule has 226 valence electrons. The van der Waals surface area contributed by atoms with Gasteiger partial charge in [-0.15, -0.1) is 0 Å². The van der Waals surface area contributed by atoms with Crippen molar-refractivity contribution in [3.8, 4) is 44.8 Å². The van der Waals surface area contributed by atoms with E-state index in [-0.39, 0.29) is 0 Å². The van der Waals surface area contributed by atoms with Gasteiger partial charge in [0.15, 0.2) is 5.69 Å². The molecular weight excluding hydrogens is 597 g/mol. The number of para-hydroxylation sites is 2. The topological polar surface area (TPSA) is 30.4 Å². The molecule has 0 aliphatic carbocycles. The van der Waals surface area contributed by atoms with Gasteiger partial charge in [-0.05, 0) is 78.8 Å². The molecule has 0 radical (unpaired) electrons. The molecule has 0 fully saturated rings. The molecule has 10 rings (SSSR count). The Labute approximate surface area is 282 Å². The number of hydrogen-bond acceptors (Lipinski definition) is 2. The molecule has 8 aromatic rings. The van der Waals surface area contributed by atoms with Crippen molar-refractivity contribution in [2.24, 2.45) is 0 Å². The minimum absolute atomic E-state index is 0.669. The summed E-state index contributed by atoms with van der Waals surface area (Å²) in [4.78, 5) is 8.92. The molecule has 0 amide bonds. The van der Waals surface area contributed by atoms with Gasteiger partial charge in [0, 0.05) is 16.3 Å². The second kappa shape index (κ2) is 10.6. The number of benzene rings is 8. The van der Waals surface area contributed by atoms with Crippen LogP contribution in [0.4, 0.5) is 5.69 Å². The first-order valence-corrected chi connectivity index (χ1v) is 16.4.